The quantitative estimate of drug-likeness (QED) is 0.243. The number of Topliss-reactive ketones (excluding diaryl/α,β-unsaturated/α-hetero) is 1. The van der Waals surface area contributed by atoms with Gasteiger partial charge in [0.2, 0.25) is 5.78 Å². The zero-order chi connectivity index (χ0) is 28.1. The fourth-order valence-electron chi connectivity index (χ4n) is 5.30. The van der Waals surface area contributed by atoms with Crippen LogP contribution in [0.4, 0.5) is 0 Å². The number of benzene rings is 3. The minimum Gasteiger partial charge on any atom is -0.872 e. The number of nitrogens with zero attached hydrogens (tertiary/aromatic N) is 1. The van der Waals surface area contributed by atoms with Crippen LogP contribution in [0.3, 0.4) is 0 Å². The smallest absolute Gasteiger partial charge is 0.295 e. The molecule has 1 atom stereocenters. The highest BCUT2D eigenvalue weighted by molar-refractivity contribution is 6.46. The molecule has 0 saturated carbocycles. The molecule has 1 unspecified atom stereocenters. The number of ether oxygens (including phenoxy) is 2. The first-order chi connectivity index (χ1) is 19.4. The van der Waals surface area contributed by atoms with Crippen LogP contribution in [0.2, 0.25) is 0 Å². The normalized spacial score (nSPS) is 19.2. The summed E-state index contributed by atoms with van der Waals surface area (Å²) in [6.07, 6.45) is 0.692. The number of hydrogen-bond donors (Lipinski definition) is 2. The number of aryl methyl sites for hydroxylation is 1. The Balaban J connectivity index is 1.38. The maximum Gasteiger partial charge on any atom is 0.295 e. The van der Waals surface area contributed by atoms with Crippen molar-refractivity contribution in [2.24, 2.45) is 0 Å². The van der Waals surface area contributed by atoms with Crippen LogP contribution in [0.25, 0.3) is 5.76 Å². The summed E-state index contributed by atoms with van der Waals surface area (Å²) in [7, 11) is 0. The molecule has 2 heterocycles. The third-order valence-corrected chi connectivity index (χ3v) is 7.64. The molecular formula is C32H34N2O6. The highest BCUT2D eigenvalue weighted by Gasteiger charge is 2.44. The summed E-state index contributed by atoms with van der Waals surface area (Å²) in [6.45, 7) is 6.87. The Kier molecular flexibility index (Phi) is 8.48. The van der Waals surface area contributed by atoms with Gasteiger partial charge in [0.15, 0.2) is 0 Å². The van der Waals surface area contributed by atoms with Gasteiger partial charge in [0, 0.05) is 18.5 Å². The van der Waals surface area contributed by atoms with Gasteiger partial charge in [0.1, 0.15) is 31.2 Å². The lowest BCUT2D eigenvalue weighted by molar-refractivity contribution is -0.908. The van der Waals surface area contributed by atoms with Crippen molar-refractivity contribution in [2.75, 3.05) is 39.4 Å². The standard InChI is InChI=1S/C32H34N2O6/c1-22-5-2-3-6-25(22)21-40-27-13-9-24(10-14-27)30(36)28-29(23-7-11-26(35)12-8-23)34(32(38)31(28)37)16-4-15-33-17-19-39-20-18-33/h2-3,5-14,29,35-36H,4,15-21H2,1H3/b30-28+. The van der Waals surface area contributed by atoms with Crippen molar-refractivity contribution >= 4 is 17.4 Å². The summed E-state index contributed by atoms with van der Waals surface area (Å²) >= 11 is 0. The van der Waals surface area contributed by atoms with E-state index in [0.717, 1.165) is 44.0 Å². The number of phenolic OH excluding ortho intramolecular Hbond substituents is 1. The van der Waals surface area contributed by atoms with Gasteiger partial charge < -0.3 is 29.5 Å². The Morgan fingerprint density at radius 2 is 1.73 bits per heavy atom. The second kappa shape index (κ2) is 12.4. The Morgan fingerprint density at radius 1 is 1.02 bits per heavy atom. The minimum atomic E-state index is -0.815. The lowest BCUT2D eigenvalue weighted by atomic mass is 9.95. The van der Waals surface area contributed by atoms with Gasteiger partial charge in [-0.05, 0) is 53.4 Å². The molecule has 1 amide bonds. The second-order valence-corrected chi connectivity index (χ2v) is 10.3. The molecule has 208 valence electrons. The number of hydrogen-bond acceptors (Lipinski definition) is 6. The summed E-state index contributed by atoms with van der Waals surface area (Å²) in [5.41, 5.74) is 3.05. The SMILES string of the molecule is Cc1ccccc1COc1ccc(/C([O-])=C2\C(=O)C(=O)N(CCC[NH+]3CCOCC3)C2c2ccc(O)cc2)cc1. The number of likely N-dealkylation sites (tertiary alicyclic amines) is 1. The predicted octanol–water partition coefficient (Wildman–Crippen LogP) is 1.81. The number of amides is 1. The van der Waals surface area contributed by atoms with Gasteiger partial charge in [0.25, 0.3) is 5.91 Å². The molecule has 3 aromatic rings. The second-order valence-electron chi connectivity index (χ2n) is 10.3. The number of nitrogens with one attached hydrogen (secondary N) is 1. The molecule has 3 aromatic carbocycles. The number of quaternary nitrogens is 1. The van der Waals surface area contributed by atoms with E-state index in [1.54, 1.807) is 36.4 Å². The monoisotopic (exact) mass is 542 g/mol. The van der Waals surface area contributed by atoms with Crippen LogP contribution in [0, 0.1) is 6.92 Å². The largest absolute Gasteiger partial charge is 0.872 e. The third-order valence-electron chi connectivity index (χ3n) is 7.64. The summed E-state index contributed by atoms with van der Waals surface area (Å²) in [6, 6.07) is 20.1. The van der Waals surface area contributed by atoms with Crippen LogP contribution in [0.5, 0.6) is 11.5 Å². The molecule has 8 heteroatoms. The molecule has 40 heavy (non-hydrogen) atoms. The van der Waals surface area contributed by atoms with Crippen molar-refractivity contribution in [2.45, 2.75) is 26.0 Å². The highest BCUT2D eigenvalue weighted by atomic mass is 16.5. The zero-order valence-electron chi connectivity index (χ0n) is 22.6. The third kappa shape index (κ3) is 6.03. The summed E-state index contributed by atoms with van der Waals surface area (Å²) < 4.78 is 11.3. The zero-order valence-corrected chi connectivity index (χ0v) is 22.6. The number of ketones is 1. The van der Waals surface area contributed by atoms with Gasteiger partial charge in [-0.1, -0.05) is 54.3 Å². The molecule has 2 aliphatic heterocycles. The first kappa shape index (κ1) is 27.4. The summed E-state index contributed by atoms with van der Waals surface area (Å²) in [5, 5.41) is 23.5. The highest BCUT2D eigenvalue weighted by Crippen LogP contribution is 2.39. The van der Waals surface area contributed by atoms with E-state index in [1.165, 1.54) is 21.9 Å². The van der Waals surface area contributed by atoms with E-state index >= 15 is 0 Å². The van der Waals surface area contributed by atoms with Crippen LogP contribution in [0.15, 0.2) is 78.4 Å². The number of phenols is 1. The van der Waals surface area contributed by atoms with Gasteiger partial charge in [-0.2, -0.15) is 0 Å². The van der Waals surface area contributed by atoms with E-state index in [-0.39, 0.29) is 11.3 Å². The number of aromatic hydroxyl groups is 1. The van der Waals surface area contributed by atoms with Crippen molar-refractivity contribution in [3.8, 4) is 11.5 Å². The topological polar surface area (TPSA) is 104 Å². The molecule has 0 radical (unpaired) electrons. The van der Waals surface area contributed by atoms with Crippen molar-refractivity contribution in [3.63, 3.8) is 0 Å². The van der Waals surface area contributed by atoms with Crippen molar-refractivity contribution in [1.29, 1.82) is 0 Å². The lowest BCUT2D eigenvalue weighted by Gasteiger charge is -2.29. The fourth-order valence-corrected chi connectivity index (χ4v) is 5.30. The maximum atomic E-state index is 13.7. The Bertz CT molecular complexity index is 1380. The minimum absolute atomic E-state index is 0.0658. The van der Waals surface area contributed by atoms with E-state index in [0.29, 0.717) is 36.4 Å². The van der Waals surface area contributed by atoms with Crippen LogP contribution >= 0.6 is 0 Å². The van der Waals surface area contributed by atoms with Gasteiger partial charge in [-0.25, -0.2) is 0 Å². The van der Waals surface area contributed by atoms with E-state index in [1.807, 2.05) is 31.2 Å². The molecule has 5 rings (SSSR count). The molecule has 0 spiro atoms. The molecule has 0 aliphatic carbocycles. The van der Waals surface area contributed by atoms with Gasteiger partial charge in [0.05, 0.1) is 25.8 Å². The molecular weight excluding hydrogens is 508 g/mol. The number of morpholine rings is 1. The van der Waals surface area contributed by atoms with E-state index in [4.69, 9.17) is 9.47 Å². The Hall–Kier alpha value is -4.14. The Labute approximate surface area is 234 Å². The van der Waals surface area contributed by atoms with Gasteiger partial charge in [-0.3, -0.25) is 9.59 Å². The number of carbonyl (C=O) groups excluding carboxylic acids is 2. The summed E-state index contributed by atoms with van der Waals surface area (Å²) in [4.78, 5) is 29.4. The van der Waals surface area contributed by atoms with E-state index in [2.05, 4.69) is 0 Å². The van der Waals surface area contributed by atoms with E-state index < -0.39 is 23.5 Å². The average Bonchev–Trinajstić information content (AvgIpc) is 3.23. The van der Waals surface area contributed by atoms with Crippen LogP contribution < -0.4 is 14.7 Å². The predicted molar refractivity (Wildman–Crippen MR) is 147 cm³/mol. The molecule has 0 bridgehead atoms. The van der Waals surface area contributed by atoms with Crippen LogP contribution in [-0.4, -0.2) is 61.1 Å². The van der Waals surface area contributed by atoms with Crippen LogP contribution in [0.1, 0.15) is 34.7 Å². The van der Waals surface area contributed by atoms with Crippen LogP contribution in [-0.2, 0) is 20.9 Å². The molecule has 2 fully saturated rings. The van der Waals surface area contributed by atoms with Crippen molar-refractivity contribution in [1.82, 2.24) is 4.90 Å². The van der Waals surface area contributed by atoms with E-state index in [9.17, 15) is 19.8 Å². The number of rotatable bonds is 9. The fraction of sp³-hybridized carbons (Fsp3) is 0.312. The Morgan fingerprint density at radius 3 is 2.42 bits per heavy atom. The van der Waals surface area contributed by atoms with Crippen molar-refractivity contribution in [3.05, 3.63) is 101 Å². The van der Waals surface area contributed by atoms with Gasteiger partial charge in [-0.15, -0.1) is 0 Å². The summed E-state index contributed by atoms with van der Waals surface area (Å²) in [5.74, 6) is -1.27. The molecule has 2 saturated heterocycles. The molecule has 8 nitrogen and oxygen atoms in total. The van der Waals surface area contributed by atoms with Gasteiger partial charge >= 0.3 is 0 Å². The first-order valence-corrected chi connectivity index (χ1v) is 13.7. The van der Waals surface area contributed by atoms with Crippen molar-refractivity contribution < 1.29 is 34.2 Å². The average molecular weight is 543 g/mol. The molecule has 2 N–H and O–H groups in total. The molecule has 0 aromatic heterocycles. The first-order valence-electron chi connectivity index (χ1n) is 13.7. The lowest BCUT2D eigenvalue weighted by Crippen LogP contribution is -3.14. The molecule has 2 aliphatic rings. The number of carbonyl (C=O) groups is 2. The maximum absolute atomic E-state index is 13.7.